The second kappa shape index (κ2) is 7.44. The molecule has 0 aromatic heterocycles. The summed E-state index contributed by atoms with van der Waals surface area (Å²) in [6.07, 6.45) is -0.620. The average Bonchev–Trinajstić information content (AvgIpc) is 2.39. The zero-order valence-electron chi connectivity index (χ0n) is 12.6. The highest BCUT2D eigenvalue weighted by molar-refractivity contribution is 5.74. The molecule has 7 nitrogen and oxygen atoms in total. The molecule has 3 unspecified atom stereocenters. The van der Waals surface area contributed by atoms with Crippen molar-refractivity contribution < 1.29 is 19.4 Å². The van der Waals surface area contributed by atoms with E-state index in [9.17, 15) is 9.59 Å². The molecule has 1 rings (SSSR count). The van der Waals surface area contributed by atoms with E-state index < -0.39 is 12.1 Å². The Kier molecular flexibility index (Phi) is 6.22. The molecule has 20 heavy (non-hydrogen) atoms. The molecule has 1 heterocycles. The number of likely N-dealkylation sites (N-methyl/N-ethyl adjacent to an activating group) is 1. The van der Waals surface area contributed by atoms with Crippen molar-refractivity contribution in [3.8, 4) is 0 Å². The van der Waals surface area contributed by atoms with Gasteiger partial charge in [0.1, 0.15) is 0 Å². The van der Waals surface area contributed by atoms with Crippen LogP contribution < -0.4 is 5.32 Å². The van der Waals surface area contributed by atoms with E-state index in [1.54, 1.807) is 4.90 Å². The first-order chi connectivity index (χ1) is 9.35. The van der Waals surface area contributed by atoms with Crippen molar-refractivity contribution >= 4 is 12.0 Å². The molecule has 1 aliphatic heterocycles. The summed E-state index contributed by atoms with van der Waals surface area (Å²) in [6.45, 7) is 5.71. The fourth-order valence-corrected chi connectivity index (χ4v) is 2.32. The van der Waals surface area contributed by atoms with Gasteiger partial charge in [0.2, 0.25) is 0 Å². The lowest BCUT2D eigenvalue weighted by molar-refractivity contribution is -0.139. The molecule has 0 aromatic rings. The van der Waals surface area contributed by atoms with Gasteiger partial charge in [0, 0.05) is 38.8 Å². The molecule has 0 saturated carbocycles. The number of amides is 2. The van der Waals surface area contributed by atoms with Gasteiger partial charge in [0.15, 0.2) is 0 Å². The number of carbonyl (C=O) groups excluding carboxylic acids is 1. The predicted octanol–water partition coefficient (Wildman–Crippen LogP) is 0.210. The van der Waals surface area contributed by atoms with E-state index in [1.165, 1.54) is 7.11 Å². The van der Waals surface area contributed by atoms with Gasteiger partial charge in [0.05, 0.1) is 12.5 Å². The first-order valence-electron chi connectivity index (χ1n) is 6.84. The number of nitrogens with zero attached hydrogens (tertiary/aromatic N) is 2. The third-order valence-corrected chi connectivity index (χ3v) is 3.86. The monoisotopic (exact) mass is 287 g/mol. The number of piperazine rings is 1. The van der Waals surface area contributed by atoms with Crippen LogP contribution >= 0.6 is 0 Å². The SMILES string of the molecule is COC(CNC(=O)N1CC(C)N(C)C(C)C1)CC(=O)O. The Morgan fingerprint density at radius 3 is 2.35 bits per heavy atom. The second-order valence-corrected chi connectivity index (χ2v) is 5.41. The van der Waals surface area contributed by atoms with Gasteiger partial charge in [-0.1, -0.05) is 0 Å². The van der Waals surface area contributed by atoms with Crippen LogP contribution in [0.5, 0.6) is 0 Å². The number of methoxy groups -OCH3 is 1. The van der Waals surface area contributed by atoms with Crippen LogP contribution in [0.2, 0.25) is 0 Å². The summed E-state index contributed by atoms with van der Waals surface area (Å²) in [5.74, 6) is -0.937. The molecule has 0 aliphatic carbocycles. The number of carboxylic acid groups (broad SMARTS) is 1. The molecule has 7 heteroatoms. The molecule has 0 spiro atoms. The Balaban J connectivity index is 2.44. The molecule has 2 amide bonds. The number of nitrogens with one attached hydrogen (secondary N) is 1. The third kappa shape index (κ3) is 4.64. The number of hydrogen-bond acceptors (Lipinski definition) is 4. The van der Waals surface area contributed by atoms with E-state index in [2.05, 4.69) is 31.1 Å². The van der Waals surface area contributed by atoms with Gasteiger partial charge in [-0.3, -0.25) is 9.69 Å². The summed E-state index contributed by atoms with van der Waals surface area (Å²) in [4.78, 5) is 26.7. The Hall–Kier alpha value is -1.34. The van der Waals surface area contributed by atoms with Gasteiger partial charge in [-0.2, -0.15) is 0 Å². The summed E-state index contributed by atoms with van der Waals surface area (Å²) in [5.41, 5.74) is 0. The lowest BCUT2D eigenvalue weighted by Gasteiger charge is -2.42. The van der Waals surface area contributed by atoms with Crippen LogP contribution in [0.15, 0.2) is 0 Å². The summed E-state index contributed by atoms with van der Waals surface area (Å²) in [7, 11) is 3.50. The summed E-state index contributed by atoms with van der Waals surface area (Å²) < 4.78 is 5.04. The van der Waals surface area contributed by atoms with Crippen molar-refractivity contribution in [1.29, 1.82) is 0 Å². The van der Waals surface area contributed by atoms with Crippen molar-refractivity contribution in [2.75, 3.05) is 33.8 Å². The molecule has 3 atom stereocenters. The lowest BCUT2D eigenvalue weighted by Crippen LogP contribution is -2.58. The Bertz CT molecular complexity index is 339. The van der Waals surface area contributed by atoms with Gasteiger partial charge in [-0.25, -0.2) is 4.79 Å². The summed E-state index contributed by atoms with van der Waals surface area (Å²) in [6, 6.07) is 0.452. The fourth-order valence-electron chi connectivity index (χ4n) is 2.32. The maximum Gasteiger partial charge on any atom is 0.317 e. The van der Waals surface area contributed by atoms with Gasteiger partial charge in [0.25, 0.3) is 0 Å². The minimum atomic E-state index is -0.937. The van der Waals surface area contributed by atoms with Gasteiger partial charge < -0.3 is 20.1 Å². The molecule has 0 aromatic carbocycles. The summed E-state index contributed by atoms with van der Waals surface area (Å²) in [5, 5.41) is 11.5. The minimum Gasteiger partial charge on any atom is -0.481 e. The number of urea groups is 1. The highest BCUT2D eigenvalue weighted by Crippen LogP contribution is 2.13. The first-order valence-corrected chi connectivity index (χ1v) is 6.84. The first kappa shape index (κ1) is 16.7. The third-order valence-electron chi connectivity index (χ3n) is 3.86. The standard InChI is InChI=1S/C13H25N3O4/c1-9-7-16(8-10(2)15(9)3)13(19)14-6-11(20-4)5-12(17)18/h9-11H,5-8H2,1-4H3,(H,14,19)(H,17,18). The predicted molar refractivity (Wildman–Crippen MR) is 74.7 cm³/mol. The van der Waals surface area contributed by atoms with Crippen LogP contribution in [0.4, 0.5) is 4.79 Å². The normalized spacial score (nSPS) is 25.3. The molecular weight excluding hydrogens is 262 g/mol. The van der Waals surface area contributed by atoms with E-state index in [0.29, 0.717) is 25.2 Å². The molecule has 1 saturated heterocycles. The Morgan fingerprint density at radius 2 is 1.90 bits per heavy atom. The molecule has 2 N–H and O–H groups in total. The van der Waals surface area contributed by atoms with Crippen molar-refractivity contribution in [2.45, 2.75) is 38.5 Å². The molecule has 1 aliphatic rings. The summed E-state index contributed by atoms with van der Waals surface area (Å²) >= 11 is 0. The number of ether oxygens (including phenoxy) is 1. The van der Waals surface area contributed by atoms with E-state index >= 15 is 0 Å². The number of rotatable bonds is 5. The lowest BCUT2D eigenvalue weighted by atomic mass is 10.1. The van der Waals surface area contributed by atoms with Crippen LogP contribution in [0.1, 0.15) is 20.3 Å². The Labute approximate surface area is 119 Å². The van der Waals surface area contributed by atoms with Gasteiger partial charge >= 0.3 is 12.0 Å². The second-order valence-electron chi connectivity index (χ2n) is 5.41. The fraction of sp³-hybridized carbons (Fsp3) is 0.846. The largest absolute Gasteiger partial charge is 0.481 e. The van der Waals surface area contributed by atoms with Crippen LogP contribution in [-0.4, -0.2) is 78.9 Å². The zero-order chi connectivity index (χ0) is 15.3. The molecule has 0 radical (unpaired) electrons. The van der Waals surface area contributed by atoms with Crippen molar-refractivity contribution in [3.63, 3.8) is 0 Å². The topological polar surface area (TPSA) is 82.1 Å². The van der Waals surface area contributed by atoms with Crippen molar-refractivity contribution in [3.05, 3.63) is 0 Å². The Morgan fingerprint density at radius 1 is 1.35 bits per heavy atom. The number of aliphatic carboxylic acids is 1. The van der Waals surface area contributed by atoms with Crippen LogP contribution in [0.3, 0.4) is 0 Å². The quantitative estimate of drug-likeness (QED) is 0.755. The van der Waals surface area contributed by atoms with E-state index in [-0.39, 0.29) is 19.0 Å². The minimum absolute atomic E-state index is 0.119. The number of carboxylic acids is 1. The van der Waals surface area contributed by atoms with Crippen LogP contribution in [0.25, 0.3) is 0 Å². The highest BCUT2D eigenvalue weighted by atomic mass is 16.5. The number of carbonyl (C=O) groups is 2. The van der Waals surface area contributed by atoms with Crippen LogP contribution in [-0.2, 0) is 9.53 Å². The van der Waals surface area contributed by atoms with Gasteiger partial charge in [-0.15, -0.1) is 0 Å². The van der Waals surface area contributed by atoms with E-state index in [0.717, 1.165) is 0 Å². The molecule has 116 valence electrons. The van der Waals surface area contributed by atoms with Crippen LogP contribution in [0, 0.1) is 0 Å². The molecular formula is C13H25N3O4. The maximum atomic E-state index is 12.1. The smallest absolute Gasteiger partial charge is 0.317 e. The zero-order valence-corrected chi connectivity index (χ0v) is 12.6. The van der Waals surface area contributed by atoms with E-state index in [4.69, 9.17) is 9.84 Å². The molecule has 0 bridgehead atoms. The maximum absolute atomic E-state index is 12.1. The van der Waals surface area contributed by atoms with E-state index in [1.807, 2.05) is 0 Å². The molecule has 1 fully saturated rings. The van der Waals surface area contributed by atoms with Crippen molar-refractivity contribution in [2.24, 2.45) is 0 Å². The highest BCUT2D eigenvalue weighted by Gasteiger charge is 2.29. The van der Waals surface area contributed by atoms with Crippen molar-refractivity contribution in [1.82, 2.24) is 15.1 Å². The number of hydrogen-bond donors (Lipinski definition) is 2. The van der Waals surface area contributed by atoms with Gasteiger partial charge in [-0.05, 0) is 20.9 Å². The average molecular weight is 287 g/mol.